The Bertz CT molecular complexity index is 883. The van der Waals surface area contributed by atoms with E-state index in [4.69, 9.17) is 0 Å². The van der Waals surface area contributed by atoms with E-state index in [0.29, 0.717) is 6.42 Å². The fraction of sp³-hybridized carbons (Fsp3) is 0.429. The third-order valence-corrected chi connectivity index (χ3v) is 5.93. The molecule has 0 radical (unpaired) electrons. The molecule has 2 N–H and O–H groups in total. The predicted octanol–water partition coefficient (Wildman–Crippen LogP) is 4.29. The molecule has 5 nitrogen and oxygen atoms in total. The summed E-state index contributed by atoms with van der Waals surface area (Å²) < 4.78 is 2.37. The minimum Gasteiger partial charge on any atom is -0.350 e. The first-order valence-corrected chi connectivity index (χ1v) is 9.44. The first-order chi connectivity index (χ1) is 12.5. The molecule has 0 fully saturated rings. The Morgan fingerprint density at radius 2 is 2.12 bits per heavy atom. The van der Waals surface area contributed by atoms with Crippen molar-refractivity contribution in [3.63, 3.8) is 0 Å². The average Bonchev–Trinajstić information content (AvgIpc) is 3.06. The van der Waals surface area contributed by atoms with Crippen LogP contribution >= 0.6 is 0 Å². The maximum atomic E-state index is 12.5. The normalized spacial score (nSPS) is 21.5. The predicted molar refractivity (Wildman–Crippen MR) is 103 cm³/mol. The van der Waals surface area contributed by atoms with Crippen LogP contribution in [-0.4, -0.2) is 16.4 Å². The topological polar surface area (TPSA) is 63.1 Å². The number of rotatable bonds is 2. The summed E-state index contributed by atoms with van der Waals surface area (Å²) in [5.41, 5.74) is 5.12. The number of aromatic nitrogens is 1. The van der Waals surface area contributed by atoms with Crippen LogP contribution in [0.4, 0.5) is 11.4 Å². The van der Waals surface area contributed by atoms with Gasteiger partial charge in [0.25, 0.3) is 0 Å². The summed E-state index contributed by atoms with van der Waals surface area (Å²) in [5, 5.41) is 5.94. The minimum atomic E-state index is -0.0983. The zero-order valence-electron chi connectivity index (χ0n) is 15.4. The van der Waals surface area contributed by atoms with Gasteiger partial charge in [-0.05, 0) is 49.9 Å². The molecular formula is C21H25N3O2. The molecule has 1 aromatic carbocycles. The summed E-state index contributed by atoms with van der Waals surface area (Å²) in [6, 6.07) is 7.88. The van der Waals surface area contributed by atoms with Crippen molar-refractivity contribution < 1.29 is 9.59 Å². The molecule has 0 unspecified atom stereocenters. The quantitative estimate of drug-likeness (QED) is 0.848. The van der Waals surface area contributed by atoms with Gasteiger partial charge in [0.05, 0.1) is 0 Å². The molecule has 136 valence electrons. The van der Waals surface area contributed by atoms with Gasteiger partial charge in [0.15, 0.2) is 0 Å². The van der Waals surface area contributed by atoms with Crippen LogP contribution in [0.15, 0.2) is 30.5 Å². The number of nitrogens with zero attached hydrogens (tertiary/aromatic N) is 1. The van der Waals surface area contributed by atoms with Gasteiger partial charge in [-0.3, -0.25) is 9.59 Å². The van der Waals surface area contributed by atoms with Crippen molar-refractivity contribution in [2.45, 2.75) is 57.9 Å². The maximum absolute atomic E-state index is 12.5. The van der Waals surface area contributed by atoms with Crippen LogP contribution in [0.2, 0.25) is 0 Å². The third kappa shape index (κ3) is 2.71. The monoisotopic (exact) mass is 351 g/mol. The van der Waals surface area contributed by atoms with Gasteiger partial charge in [-0.25, -0.2) is 0 Å². The number of aryl methyl sites for hydroxylation is 1. The minimum absolute atomic E-state index is 0.0417. The van der Waals surface area contributed by atoms with Gasteiger partial charge in [0, 0.05) is 59.7 Å². The molecule has 1 atom stereocenters. The Morgan fingerprint density at radius 1 is 1.27 bits per heavy atom. The zero-order valence-corrected chi connectivity index (χ0v) is 15.4. The lowest BCUT2D eigenvalue weighted by atomic mass is 9.70. The molecule has 0 saturated carbocycles. The average molecular weight is 351 g/mol. The molecular weight excluding hydrogens is 326 g/mol. The van der Waals surface area contributed by atoms with Crippen molar-refractivity contribution in [2.24, 2.45) is 0 Å². The number of carbonyl (C=O) groups is 2. The molecule has 2 aromatic rings. The van der Waals surface area contributed by atoms with E-state index in [-0.39, 0.29) is 17.2 Å². The van der Waals surface area contributed by atoms with Crippen LogP contribution in [-0.2, 0) is 21.5 Å². The van der Waals surface area contributed by atoms with Gasteiger partial charge in [0.2, 0.25) is 11.8 Å². The molecule has 0 aliphatic carbocycles. The van der Waals surface area contributed by atoms with Crippen molar-refractivity contribution in [2.75, 3.05) is 10.6 Å². The lowest BCUT2D eigenvalue weighted by Gasteiger charge is -2.39. The second-order valence-corrected chi connectivity index (χ2v) is 7.50. The van der Waals surface area contributed by atoms with Crippen LogP contribution in [0.5, 0.6) is 0 Å². The van der Waals surface area contributed by atoms with Crippen molar-refractivity contribution in [1.82, 2.24) is 4.57 Å². The van der Waals surface area contributed by atoms with E-state index in [2.05, 4.69) is 34.4 Å². The van der Waals surface area contributed by atoms with Crippen molar-refractivity contribution in [1.29, 1.82) is 0 Å². The fourth-order valence-corrected chi connectivity index (χ4v) is 4.66. The Balaban J connectivity index is 1.94. The summed E-state index contributed by atoms with van der Waals surface area (Å²) in [6.45, 7) is 4.77. The molecule has 0 bridgehead atoms. The standard InChI is InChI=1S/C21H25N3O2/c1-3-21-9-4-11-24-12-8-16(20(21)24)17-13-15(22-14(2)25)5-6-18(17)23-19(26)7-10-21/h5-6,8,12-13H,3-4,7,9-11H2,1-2H3,(H,22,25)(H,23,26)/t21-/m1/s1. The Labute approximate surface area is 153 Å². The smallest absolute Gasteiger partial charge is 0.224 e. The molecule has 2 aliphatic heterocycles. The number of nitrogens with one attached hydrogen (secondary N) is 2. The van der Waals surface area contributed by atoms with Crippen LogP contribution in [0.25, 0.3) is 11.1 Å². The lowest BCUT2D eigenvalue weighted by molar-refractivity contribution is -0.116. The van der Waals surface area contributed by atoms with E-state index in [1.165, 1.54) is 18.2 Å². The van der Waals surface area contributed by atoms with Gasteiger partial charge >= 0.3 is 0 Å². The van der Waals surface area contributed by atoms with Gasteiger partial charge in [-0.2, -0.15) is 0 Å². The van der Waals surface area contributed by atoms with E-state index in [9.17, 15) is 9.59 Å². The van der Waals surface area contributed by atoms with Crippen molar-refractivity contribution in [3.8, 4) is 11.1 Å². The number of anilines is 2. The van der Waals surface area contributed by atoms with Crippen LogP contribution < -0.4 is 10.6 Å². The molecule has 3 heterocycles. The Morgan fingerprint density at radius 3 is 2.88 bits per heavy atom. The number of benzene rings is 1. The second kappa shape index (κ2) is 6.31. The van der Waals surface area contributed by atoms with Crippen LogP contribution in [0, 0.1) is 0 Å². The summed E-state index contributed by atoms with van der Waals surface area (Å²) in [6.07, 6.45) is 6.87. The summed E-state index contributed by atoms with van der Waals surface area (Å²) in [5.74, 6) is -0.0347. The number of hydrogen-bond donors (Lipinski definition) is 2. The van der Waals surface area contributed by atoms with Gasteiger partial charge in [-0.15, -0.1) is 0 Å². The lowest BCUT2D eigenvalue weighted by Crippen LogP contribution is -2.34. The molecule has 1 aromatic heterocycles. The molecule has 26 heavy (non-hydrogen) atoms. The zero-order chi connectivity index (χ0) is 18.3. The first-order valence-electron chi connectivity index (χ1n) is 9.44. The molecule has 4 rings (SSSR count). The maximum Gasteiger partial charge on any atom is 0.224 e. The third-order valence-electron chi connectivity index (χ3n) is 5.93. The van der Waals surface area contributed by atoms with Crippen molar-refractivity contribution in [3.05, 3.63) is 36.2 Å². The second-order valence-electron chi connectivity index (χ2n) is 7.50. The highest BCUT2D eigenvalue weighted by molar-refractivity contribution is 5.98. The number of carbonyl (C=O) groups excluding carboxylic acids is 2. The SMILES string of the molecule is CC[C@]12CCCn3ccc(c31)-c1cc(NC(C)=O)ccc1NC(=O)CC2. The summed E-state index contributed by atoms with van der Waals surface area (Å²) in [7, 11) is 0. The molecule has 0 spiro atoms. The number of hydrogen-bond acceptors (Lipinski definition) is 2. The highest BCUT2D eigenvalue weighted by atomic mass is 16.2. The molecule has 2 amide bonds. The number of fused-ring (bicyclic) bond motifs is 2. The molecule has 2 aliphatic rings. The summed E-state index contributed by atoms with van der Waals surface area (Å²) >= 11 is 0. The highest BCUT2D eigenvalue weighted by Gasteiger charge is 2.39. The fourth-order valence-electron chi connectivity index (χ4n) is 4.66. The van der Waals surface area contributed by atoms with Gasteiger partial charge in [-0.1, -0.05) is 6.92 Å². The van der Waals surface area contributed by atoms with E-state index in [1.807, 2.05) is 18.2 Å². The van der Waals surface area contributed by atoms with Gasteiger partial charge in [0.1, 0.15) is 0 Å². The van der Waals surface area contributed by atoms with Gasteiger partial charge < -0.3 is 15.2 Å². The highest BCUT2D eigenvalue weighted by Crippen LogP contribution is 2.48. The number of amides is 2. The van der Waals surface area contributed by atoms with E-state index in [0.717, 1.165) is 49.2 Å². The van der Waals surface area contributed by atoms with E-state index < -0.39 is 0 Å². The van der Waals surface area contributed by atoms with Crippen molar-refractivity contribution >= 4 is 23.2 Å². The van der Waals surface area contributed by atoms with Crippen LogP contribution in [0.1, 0.15) is 51.6 Å². The molecule has 0 saturated heterocycles. The largest absolute Gasteiger partial charge is 0.350 e. The van der Waals surface area contributed by atoms with Crippen LogP contribution in [0.3, 0.4) is 0 Å². The van der Waals surface area contributed by atoms with E-state index in [1.54, 1.807) is 0 Å². The Hall–Kier alpha value is -2.56. The Kier molecular flexibility index (Phi) is 4.10. The summed E-state index contributed by atoms with van der Waals surface area (Å²) in [4.78, 5) is 24.0. The van der Waals surface area contributed by atoms with E-state index >= 15 is 0 Å². The first kappa shape index (κ1) is 16.9. The molecule has 5 heteroatoms.